The van der Waals surface area contributed by atoms with E-state index in [1.165, 1.54) is 11.8 Å². The number of halogens is 5. The predicted molar refractivity (Wildman–Crippen MR) is 49.5 cm³/mol. The van der Waals surface area contributed by atoms with E-state index in [4.69, 9.17) is 0 Å². The van der Waals surface area contributed by atoms with Gasteiger partial charge in [0, 0.05) is 11.8 Å². The lowest BCUT2D eigenvalue weighted by atomic mass is 10.1. The molecule has 0 aromatic heterocycles. The molecule has 0 saturated carbocycles. The molecule has 2 nitrogen and oxygen atoms in total. The normalized spacial score (nSPS) is 22.9. The SMILES string of the molecule is O=C(NC1CCCSC1)C(F)(F)C(F)(F)F. The molecule has 1 atom stereocenters. The van der Waals surface area contributed by atoms with E-state index in [0.29, 0.717) is 18.6 Å². The monoisotopic (exact) mass is 263 g/mol. The van der Waals surface area contributed by atoms with E-state index in [2.05, 4.69) is 0 Å². The Morgan fingerprint density at radius 3 is 2.31 bits per heavy atom. The molecule has 1 N–H and O–H groups in total. The van der Waals surface area contributed by atoms with Crippen LogP contribution in [0.2, 0.25) is 0 Å². The highest BCUT2D eigenvalue weighted by atomic mass is 32.2. The summed E-state index contributed by atoms with van der Waals surface area (Å²) in [5.74, 6) is -6.36. The second kappa shape index (κ2) is 4.77. The first-order chi connectivity index (χ1) is 7.25. The van der Waals surface area contributed by atoms with Crippen molar-refractivity contribution in [2.45, 2.75) is 31.0 Å². The molecule has 1 saturated heterocycles. The third kappa shape index (κ3) is 2.99. The molecule has 0 aliphatic carbocycles. The highest BCUT2D eigenvalue weighted by Gasteiger charge is 2.63. The van der Waals surface area contributed by atoms with Crippen molar-refractivity contribution >= 4 is 17.7 Å². The molecule has 1 heterocycles. The molecule has 1 aliphatic heterocycles. The molecule has 0 radical (unpaired) electrons. The first-order valence-corrected chi connectivity index (χ1v) is 5.74. The number of thioether (sulfide) groups is 1. The van der Waals surface area contributed by atoms with Gasteiger partial charge in [0.05, 0.1) is 0 Å². The minimum Gasteiger partial charge on any atom is -0.347 e. The van der Waals surface area contributed by atoms with E-state index >= 15 is 0 Å². The summed E-state index contributed by atoms with van der Waals surface area (Å²) in [6.45, 7) is 0. The maximum Gasteiger partial charge on any atom is 0.463 e. The molecule has 1 unspecified atom stereocenters. The fraction of sp³-hybridized carbons (Fsp3) is 0.875. The average Bonchev–Trinajstić information content (AvgIpc) is 2.17. The fourth-order valence-corrected chi connectivity index (χ4v) is 2.33. The molecule has 0 aromatic rings. The van der Waals surface area contributed by atoms with Crippen LogP contribution < -0.4 is 5.32 Å². The molecule has 0 spiro atoms. The van der Waals surface area contributed by atoms with E-state index in [1.807, 2.05) is 0 Å². The zero-order chi connectivity index (χ0) is 12.4. The molecular weight excluding hydrogens is 253 g/mol. The van der Waals surface area contributed by atoms with Gasteiger partial charge in [-0.1, -0.05) is 0 Å². The van der Waals surface area contributed by atoms with Crippen molar-refractivity contribution < 1.29 is 26.7 Å². The maximum absolute atomic E-state index is 12.5. The number of nitrogens with one attached hydrogen (secondary N) is 1. The second-order valence-corrected chi connectivity index (χ2v) is 4.61. The van der Waals surface area contributed by atoms with Crippen LogP contribution in [-0.4, -0.2) is 35.6 Å². The van der Waals surface area contributed by atoms with Gasteiger partial charge in [-0.05, 0) is 18.6 Å². The number of hydrogen-bond acceptors (Lipinski definition) is 2. The Kier molecular flexibility index (Phi) is 4.03. The summed E-state index contributed by atoms with van der Waals surface area (Å²) >= 11 is 1.42. The topological polar surface area (TPSA) is 29.1 Å². The molecule has 1 rings (SSSR count). The quantitative estimate of drug-likeness (QED) is 0.774. The van der Waals surface area contributed by atoms with Gasteiger partial charge in [0.1, 0.15) is 0 Å². The van der Waals surface area contributed by atoms with Crippen molar-refractivity contribution in [2.75, 3.05) is 11.5 Å². The number of carbonyl (C=O) groups excluding carboxylic acids is 1. The maximum atomic E-state index is 12.5. The van der Waals surface area contributed by atoms with Crippen LogP contribution in [0, 0.1) is 0 Å². The van der Waals surface area contributed by atoms with E-state index in [9.17, 15) is 26.7 Å². The highest BCUT2D eigenvalue weighted by molar-refractivity contribution is 7.99. The predicted octanol–water partition coefficient (Wildman–Crippen LogP) is 2.20. The van der Waals surface area contributed by atoms with Crippen molar-refractivity contribution in [3.8, 4) is 0 Å². The van der Waals surface area contributed by atoms with Crippen LogP contribution in [0.15, 0.2) is 0 Å². The van der Waals surface area contributed by atoms with Crippen molar-refractivity contribution in [3.05, 3.63) is 0 Å². The van der Waals surface area contributed by atoms with Gasteiger partial charge in [0.2, 0.25) is 0 Å². The molecule has 0 bridgehead atoms. The van der Waals surface area contributed by atoms with Gasteiger partial charge in [-0.3, -0.25) is 4.79 Å². The van der Waals surface area contributed by atoms with E-state index in [1.54, 1.807) is 5.32 Å². The van der Waals surface area contributed by atoms with Crippen LogP contribution >= 0.6 is 11.8 Å². The number of carbonyl (C=O) groups is 1. The first-order valence-electron chi connectivity index (χ1n) is 4.58. The van der Waals surface area contributed by atoms with Crippen molar-refractivity contribution in [3.63, 3.8) is 0 Å². The van der Waals surface area contributed by atoms with Gasteiger partial charge in [0.15, 0.2) is 0 Å². The van der Waals surface area contributed by atoms with E-state index in [0.717, 1.165) is 5.75 Å². The zero-order valence-corrected chi connectivity index (χ0v) is 8.93. The average molecular weight is 263 g/mol. The lowest BCUT2D eigenvalue weighted by molar-refractivity contribution is -0.270. The highest BCUT2D eigenvalue weighted by Crippen LogP contribution is 2.35. The fourth-order valence-electron chi connectivity index (χ4n) is 1.26. The standard InChI is InChI=1S/C8H10F5NOS/c9-7(10,8(11,12)13)6(15)14-5-2-1-3-16-4-5/h5H,1-4H2,(H,14,15). The molecule has 1 amide bonds. The van der Waals surface area contributed by atoms with Crippen LogP contribution in [0.5, 0.6) is 0 Å². The Hall–Kier alpha value is -0.530. The van der Waals surface area contributed by atoms with Gasteiger partial charge in [-0.2, -0.15) is 33.7 Å². The summed E-state index contributed by atoms with van der Waals surface area (Å²) < 4.78 is 60.5. The largest absolute Gasteiger partial charge is 0.463 e. The minimum atomic E-state index is -5.83. The molecular formula is C8H10F5NOS. The molecule has 1 aliphatic rings. The second-order valence-electron chi connectivity index (χ2n) is 3.46. The Morgan fingerprint density at radius 1 is 1.25 bits per heavy atom. The number of hydrogen-bond donors (Lipinski definition) is 1. The number of rotatable bonds is 2. The van der Waals surface area contributed by atoms with Crippen molar-refractivity contribution in [2.24, 2.45) is 0 Å². The summed E-state index contributed by atoms with van der Waals surface area (Å²) in [4.78, 5) is 10.8. The molecule has 8 heteroatoms. The Bertz CT molecular complexity index is 262. The van der Waals surface area contributed by atoms with Crippen LogP contribution in [0.1, 0.15) is 12.8 Å². The van der Waals surface area contributed by atoms with Crippen molar-refractivity contribution in [1.29, 1.82) is 0 Å². The van der Waals surface area contributed by atoms with Crippen LogP contribution in [0.3, 0.4) is 0 Å². The van der Waals surface area contributed by atoms with Gasteiger partial charge >= 0.3 is 18.0 Å². The zero-order valence-electron chi connectivity index (χ0n) is 8.11. The lowest BCUT2D eigenvalue weighted by Gasteiger charge is -2.25. The smallest absolute Gasteiger partial charge is 0.347 e. The van der Waals surface area contributed by atoms with Gasteiger partial charge in [0.25, 0.3) is 0 Å². The molecule has 1 fully saturated rings. The Labute approximate surface area is 93.0 Å². The molecule has 94 valence electrons. The third-order valence-electron chi connectivity index (χ3n) is 2.14. The van der Waals surface area contributed by atoms with Gasteiger partial charge < -0.3 is 5.32 Å². The van der Waals surface area contributed by atoms with E-state index < -0.39 is 24.0 Å². The summed E-state index contributed by atoms with van der Waals surface area (Å²) in [5, 5.41) is 1.74. The van der Waals surface area contributed by atoms with Gasteiger partial charge in [-0.15, -0.1) is 0 Å². The lowest BCUT2D eigenvalue weighted by Crippen LogP contribution is -2.53. The summed E-state index contributed by atoms with van der Waals surface area (Å²) in [7, 11) is 0. The van der Waals surface area contributed by atoms with Crippen molar-refractivity contribution in [1.82, 2.24) is 5.32 Å². The van der Waals surface area contributed by atoms with Crippen LogP contribution in [-0.2, 0) is 4.79 Å². The first kappa shape index (κ1) is 13.5. The molecule has 0 aromatic carbocycles. The molecule has 16 heavy (non-hydrogen) atoms. The van der Waals surface area contributed by atoms with Crippen LogP contribution in [0.4, 0.5) is 22.0 Å². The summed E-state index contributed by atoms with van der Waals surface area (Å²) in [6.07, 6.45) is -4.70. The van der Waals surface area contributed by atoms with Gasteiger partial charge in [-0.25, -0.2) is 0 Å². The Balaban J connectivity index is 2.57. The summed E-state index contributed by atoms with van der Waals surface area (Å²) in [5.41, 5.74) is 0. The third-order valence-corrected chi connectivity index (χ3v) is 3.35. The summed E-state index contributed by atoms with van der Waals surface area (Å²) in [6, 6.07) is -0.598. The number of alkyl halides is 5. The Morgan fingerprint density at radius 2 is 1.88 bits per heavy atom. The van der Waals surface area contributed by atoms with Crippen LogP contribution in [0.25, 0.3) is 0 Å². The number of amides is 1. The van der Waals surface area contributed by atoms with E-state index in [-0.39, 0.29) is 0 Å². The minimum absolute atomic E-state index is 0.375.